The number of fused-ring (bicyclic) bond motifs is 1. The van der Waals surface area contributed by atoms with Crippen LogP contribution in [-0.2, 0) is 16.0 Å². The number of benzene rings is 1. The molecule has 0 radical (unpaired) electrons. The van der Waals surface area contributed by atoms with E-state index in [2.05, 4.69) is 20.5 Å². The number of rotatable bonds is 3. The Morgan fingerprint density at radius 1 is 1.50 bits per heavy atom. The smallest absolute Gasteiger partial charge is 0.246 e. The molecule has 0 spiro atoms. The summed E-state index contributed by atoms with van der Waals surface area (Å²) in [4.78, 5) is 27.9. The second-order valence-electron chi connectivity index (χ2n) is 4.32. The molecule has 20 heavy (non-hydrogen) atoms. The lowest BCUT2D eigenvalue weighted by Crippen LogP contribution is -2.35. The molecule has 2 aromatic rings. The Morgan fingerprint density at radius 2 is 2.35 bits per heavy atom. The number of halogens is 1. The summed E-state index contributed by atoms with van der Waals surface area (Å²) < 4.78 is 0. The third-order valence-corrected chi connectivity index (χ3v) is 3.19. The van der Waals surface area contributed by atoms with E-state index in [0.717, 1.165) is 5.56 Å². The Balaban J connectivity index is 1.75. The summed E-state index contributed by atoms with van der Waals surface area (Å²) >= 11 is 5.89. The summed E-state index contributed by atoms with van der Waals surface area (Å²) in [6.07, 6.45) is 1.61. The molecule has 1 aromatic heterocycles. The number of nitrogens with zero attached hydrogens (tertiary/aromatic N) is 3. The third-order valence-electron chi connectivity index (χ3n) is 2.95. The molecule has 0 fully saturated rings. The number of H-pyrrole nitrogens is 1. The van der Waals surface area contributed by atoms with E-state index in [1.165, 1.54) is 11.2 Å². The van der Waals surface area contributed by atoms with Crippen LogP contribution < -0.4 is 10.2 Å². The first-order valence-electron chi connectivity index (χ1n) is 5.88. The molecule has 2 N–H and O–H groups in total. The van der Waals surface area contributed by atoms with Gasteiger partial charge in [-0.1, -0.05) is 11.6 Å². The van der Waals surface area contributed by atoms with Gasteiger partial charge in [0, 0.05) is 10.7 Å². The minimum atomic E-state index is -0.349. The summed E-state index contributed by atoms with van der Waals surface area (Å²) in [7, 11) is 0. The number of anilines is 2. The highest BCUT2D eigenvalue weighted by atomic mass is 35.5. The van der Waals surface area contributed by atoms with E-state index in [9.17, 15) is 9.59 Å². The van der Waals surface area contributed by atoms with Gasteiger partial charge >= 0.3 is 0 Å². The maximum atomic E-state index is 11.9. The van der Waals surface area contributed by atoms with Crippen molar-refractivity contribution >= 4 is 35.1 Å². The zero-order chi connectivity index (χ0) is 14.1. The fraction of sp³-hybridized carbons (Fsp3) is 0.167. The lowest BCUT2D eigenvalue weighted by molar-refractivity contribution is -0.120. The number of carbonyl (C=O) groups is 2. The third kappa shape index (κ3) is 2.35. The number of amides is 2. The Bertz CT molecular complexity index is 670. The van der Waals surface area contributed by atoms with Crippen molar-refractivity contribution in [3.05, 3.63) is 35.1 Å². The molecular weight excluding hydrogens is 282 g/mol. The highest BCUT2D eigenvalue weighted by molar-refractivity contribution is 6.31. The maximum Gasteiger partial charge on any atom is 0.246 e. The van der Waals surface area contributed by atoms with Crippen molar-refractivity contribution in [3.63, 3.8) is 0 Å². The number of nitrogens with one attached hydrogen (secondary N) is 2. The van der Waals surface area contributed by atoms with Crippen molar-refractivity contribution in [2.24, 2.45) is 0 Å². The monoisotopic (exact) mass is 291 g/mol. The molecule has 3 rings (SSSR count). The molecule has 2 heterocycles. The van der Waals surface area contributed by atoms with E-state index in [4.69, 9.17) is 11.6 Å². The molecule has 0 saturated carbocycles. The minimum absolute atomic E-state index is 0.0752. The Kier molecular flexibility index (Phi) is 3.11. The Morgan fingerprint density at radius 3 is 3.10 bits per heavy atom. The van der Waals surface area contributed by atoms with Crippen LogP contribution in [0.25, 0.3) is 0 Å². The average Bonchev–Trinajstić information content (AvgIpc) is 2.98. The van der Waals surface area contributed by atoms with Crippen molar-refractivity contribution in [1.82, 2.24) is 15.2 Å². The quantitative estimate of drug-likeness (QED) is 0.882. The number of carbonyl (C=O) groups excluding carboxylic acids is 2. The van der Waals surface area contributed by atoms with Crippen molar-refractivity contribution in [2.45, 2.75) is 6.42 Å². The highest BCUT2D eigenvalue weighted by Gasteiger charge is 2.29. The van der Waals surface area contributed by atoms with Crippen LogP contribution in [0.5, 0.6) is 0 Å². The molecule has 0 unspecified atom stereocenters. The van der Waals surface area contributed by atoms with Gasteiger partial charge in [-0.25, -0.2) is 0 Å². The van der Waals surface area contributed by atoms with Crippen LogP contribution in [0, 0.1) is 0 Å². The number of hydrogen-bond acceptors (Lipinski definition) is 4. The van der Waals surface area contributed by atoms with Gasteiger partial charge in [0.05, 0.1) is 6.42 Å². The summed E-state index contributed by atoms with van der Waals surface area (Å²) in [5.74, 6) is -0.231. The molecule has 1 aliphatic heterocycles. The molecular formula is C12H10ClN5O2. The molecule has 0 saturated heterocycles. The van der Waals surface area contributed by atoms with Gasteiger partial charge in [-0.3, -0.25) is 14.9 Å². The van der Waals surface area contributed by atoms with Gasteiger partial charge < -0.3 is 9.88 Å². The van der Waals surface area contributed by atoms with Gasteiger partial charge in [-0.15, -0.1) is 10.2 Å². The summed E-state index contributed by atoms with van der Waals surface area (Å²) in [6.45, 7) is -0.0752. The lowest BCUT2D eigenvalue weighted by atomic mass is 10.2. The normalized spacial score (nSPS) is 13.4. The first-order valence-corrected chi connectivity index (χ1v) is 6.26. The molecule has 0 bridgehead atoms. The van der Waals surface area contributed by atoms with Crippen molar-refractivity contribution in [1.29, 1.82) is 0 Å². The molecule has 1 aliphatic rings. The van der Waals surface area contributed by atoms with Crippen molar-refractivity contribution < 1.29 is 9.59 Å². The van der Waals surface area contributed by atoms with Gasteiger partial charge in [0.25, 0.3) is 0 Å². The average molecular weight is 292 g/mol. The molecule has 2 amide bonds. The van der Waals surface area contributed by atoms with Crippen LogP contribution in [0.2, 0.25) is 5.02 Å². The van der Waals surface area contributed by atoms with Crippen LogP contribution in [-0.4, -0.2) is 33.5 Å². The molecule has 8 heteroatoms. The lowest BCUT2D eigenvalue weighted by Gasteiger charge is -2.16. The van der Waals surface area contributed by atoms with Gasteiger partial charge in [0.2, 0.25) is 17.8 Å². The molecule has 102 valence electrons. The second-order valence-corrected chi connectivity index (χ2v) is 4.75. The summed E-state index contributed by atoms with van der Waals surface area (Å²) in [5.41, 5.74) is 1.54. The van der Waals surface area contributed by atoms with Crippen LogP contribution >= 0.6 is 11.6 Å². The molecule has 1 aromatic carbocycles. The van der Waals surface area contributed by atoms with Crippen molar-refractivity contribution in [2.75, 3.05) is 16.8 Å². The standard InChI is InChI=1S/C12H10ClN5O2/c13-8-1-2-9-7(3-8)4-11(20)18(9)5-10(19)16-12-14-6-15-17-12/h1-3,6H,4-5H2,(H2,14,15,16,17,19). The minimum Gasteiger partial charge on any atom is -0.314 e. The summed E-state index contributed by atoms with van der Waals surface area (Å²) in [6, 6.07) is 5.17. The van der Waals surface area contributed by atoms with E-state index in [0.29, 0.717) is 10.7 Å². The van der Waals surface area contributed by atoms with Gasteiger partial charge in [-0.2, -0.15) is 0 Å². The number of aromatic nitrogens is 3. The zero-order valence-electron chi connectivity index (χ0n) is 10.3. The first-order chi connectivity index (χ1) is 9.63. The van der Waals surface area contributed by atoms with Gasteiger partial charge in [0.1, 0.15) is 12.9 Å². The van der Waals surface area contributed by atoms with Gasteiger partial charge in [0.15, 0.2) is 0 Å². The summed E-state index contributed by atoms with van der Waals surface area (Å²) in [5, 5.41) is 10.3. The van der Waals surface area contributed by atoms with Crippen LogP contribution in [0.15, 0.2) is 24.5 Å². The SMILES string of the molecule is O=C(CN1C(=O)Cc2cc(Cl)ccc21)Nc1nnc[nH]1. The van der Waals surface area contributed by atoms with Crippen molar-refractivity contribution in [3.8, 4) is 0 Å². The topological polar surface area (TPSA) is 91.0 Å². The van der Waals surface area contributed by atoms with Crippen LogP contribution in [0.4, 0.5) is 11.6 Å². The largest absolute Gasteiger partial charge is 0.314 e. The molecule has 7 nitrogen and oxygen atoms in total. The van der Waals surface area contributed by atoms with E-state index < -0.39 is 0 Å². The highest BCUT2D eigenvalue weighted by Crippen LogP contribution is 2.30. The predicted octanol–water partition coefficient (Wildman–Crippen LogP) is 0.986. The van der Waals surface area contributed by atoms with E-state index in [1.807, 2.05) is 0 Å². The van der Waals surface area contributed by atoms with E-state index >= 15 is 0 Å². The Hall–Kier alpha value is -2.41. The molecule has 0 atom stereocenters. The predicted molar refractivity (Wildman–Crippen MR) is 72.5 cm³/mol. The van der Waals surface area contributed by atoms with Crippen LogP contribution in [0.3, 0.4) is 0 Å². The second kappa shape index (κ2) is 4.93. The fourth-order valence-electron chi connectivity index (χ4n) is 2.11. The zero-order valence-corrected chi connectivity index (χ0v) is 11.0. The van der Waals surface area contributed by atoms with Gasteiger partial charge in [-0.05, 0) is 23.8 Å². The Labute approximate surface area is 118 Å². The first kappa shape index (κ1) is 12.6. The number of hydrogen-bond donors (Lipinski definition) is 2. The maximum absolute atomic E-state index is 11.9. The van der Waals surface area contributed by atoms with Crippen LogP contribution in [0.1, 0.15) is 5.56 Å². The van der Waals surface area contributed by atoms with E-state index in [-0.39, 0.29) is 30.7 Å². The fourth-order valence-corrected chi connectivity index (χ4v) is 2.30. The van der Waals surface area contributed by atoms with E-state index in [1.54, 1.807) is 18.2 Å². The molecule has 0 aliphatic carbocycles. The number of aromatic amines is 1.